The Bertz CT molecular complexity index is 1690. The number of para-hydroxylation sites is 1. The number of piperazine rings is 1. The third-order valence-electron chi connectivity index (χ3n) is 8.57. The van der Waals surface area contributed by atoms with Crippen LogP contribution in [0.2, 0.25) is 0 Å². The van der Waals surface area contributed by atoms with E-state index in [1.54, 1.807) is 35.5 Å². The van der Waals surface area contributed by atoms with Gasteiger partial charge in [-0.05, 0) is 77.6 Å². The van der Waals surface area contributed by atoms with Crippen molar-refractivity contribution in [2.75, 3.05) is 26.2 Å². The van der Waals surface area contributed by atoms with Crippen molar-refractivity contribution < 1.29 is 19.2 Å². The van der Waals surface area contributed by atoms with Gasteiger partial charge in [-0.25, -0.2) is 19.4 Å². The zero-order chi connectivity index (χ0) is 31.7. The van der Waals surface area contributed by atoms with E-state index in [0.29, 0.717) is 36.1 Å². The summed E-state index contributed by atoms with van der Waals surface area (Å²) >= 11 is 0. The molecule has 45 heavy (non-hydrogen) atoms. The van der Waals surface area contributed by atoms with Crippen molar-refractivity contribution in [3.63, 3.8) is 0 Å². The summed E-state index contributed by atoms with van der Waals surface area (Å²) in [5.74, 6) is 0.685. The average molecular weight is 614 g/mol. The molecule has 6 rings (SSSR count). The lowest BCUT2D eigenvalue weighted by atomic mass is 9.90. The number of rotatable bonds is 6. The fourth-order valence-corrected chi connectivity index (χ4v) is 6.35. The molecular formula is C33H39N7O5. The fraction of sp³-hybridized carbons (Fsp3) is 0.455. The second-order valence-electron chi connectivity index (χ2n) is 12.8. The van der Waals surface area contributed by atoms with Crippen molar-refractivity contribution in [2.45, 2.75) is 71.1 Å². The number of carbonyl (C=O) groups is 1. The summed E-state index contributed by atoms with van der Waals surface area (Å²) in [7, 11) is 0. The first-order valence-electron chi connectivity index (χ1n) is 15.5. The van der Waals surface area contributed by atoms with Crippen molar-refractivity contribution >= 4 is 22.8 Å². The minimum absolute atomic E-state index is 0.138. The molecule has 2 fully saturated rings. The lowest BCUT2D eigenvalue weighted by Crippen LogP contribution is -2.53. The van der Waals surface area contributed by atoms with Gasteiger partial charge in [0.15, 0.2) is 5.65 Å². The molecule has 1 aliphatic carbocycles. The molecule has 0 unspecified atom stereocenters. The molecule has 0 N–H and O–H groups in total. The topological polar surface area (TPSA) is 129 Å². The van der Waals surface area contributed by atoms with E-state index in [-0.39, 0.29) is 23.6 Å². The highest BCUT2D eigenvalue weighted by Gasteiger charge is 2.33. The van der Waals surface area contributed by atoms with Crippen molar-refractivity contribution in [2.24, 2.45) is 0 Å². The van der Waals surface area contributed by atoms with Crippen LogP contribution >= 0.6 is 0 Å². The third-order valence-corrected chi connectivity index (χ3v) is 8.57. The molecule has 4 aromatic rings. The number of aromatic nitrogens is 4. The van der Waals surface area contributed by atoms with Gasteiger partial charge in [-0.1, -0.05) is 18.2 Å². The first kappa shape index (κ1) is 30.4. The predicted octanol–water partition coefficient (Wildman–Crippen LogP) is 6.54. The highest BCUT2D eigenvalue weighted by molar-refractivity contribution is 5.93. The minimum atomic E-state index is -0.498. The summed E-state index contributed by atoms with van der Waals surface area (Å²) in [5, 5.41) is 17.9. The van der Waals surface area contributed by atoms with Gasteiger partial charge in [0.2, 0.25) is 5.75 Å². The number of benzene rings is 2. The van der Waals surface area contributed by atoms with E-state index in [1.807, 2.05) is 50.6 Å². The summed E-state index contributed by atoms with van der Waals surface area (Å²) in [6, 6.07) is 14.5. The zero-order valence-corrected chi connectivity index (χ0v) is 26.2. The molecule has 0 atom stereocenters. The molecule has 3 heterocycles. The van der Waals surface area contributed by atoms with Gasteiger partial charge in [0.25, 0.3) is 0 Å². The normalized spacial score (nSPS) is 19.4. The second kappa shape index (κ2) is 12.4. The summed E-state index contributed by atoms with van der Waals surface area (Å²) in [5.41, 5.74) is 2.10. The van der Waals surface area contributed by atoms with Crippen LogP contribution in [-0.4, -0.2) is 78.4 Å². The summed E-state index contributed by atoms with van der Waals surface area (Å²) in [6.45, 7) is 10.6. The second-order valence-corrected chi connectivity index (χ2v) is 12.8. The van der Waals surface area contributed by atoms with Crippen LogP contribution < -0.4 is 4.74 Å². The van der Waals surface area contributed by atoms with E-state index in [4.69, 9.17) is 14.6 Å². The Morgan fingerprint density at radius 2 is 1.64 bits per heavy atom. The van der Waals surface area contributed by atoms with E-state index >= 15 is 0 Å². The number of amides is 1. The SMILES string of the molecule is Cc1ncnc2c1c(-c1ccc(Oc3ccccc3)c([N+](=O)[O-])c1)nn2C1CCC(N2CCN(C(=O)OC(C)(C)C)CC2)CC1. The molecule has 1 aliphatic heterocycles. The number of nitrogens with zero attached hydrogens (tertiary/aromatic N) is 7. The zero-order valence-electron chi connectivity index (χ0n) is 26.2. The first-order valence-corrected chi connectivity index (χ1v) is 15.5. The standard InChI is InChI=1S/C33H39N7O5/c1-22-29-30(23-10-15-28(27(20-23)40(42)43)44-26-8-6-5-7-9-26)36-39(31(29)35-21-34-22)25-13-11-24(12-14-25)37-16-18-38(19-17-37)32(41)45-33(2,3)4/h5-10,15,20-21,24-25H,11-14,16-19H2,1-4H3. The molecule has 236 valence electrons. The third kappa shape index (κ3) is 6.60. The number of nitro benzene ring substituents is 1. The van der Waals surface area contributed by atoms with E-state index in [0.717, 1.165) is 55.5 Å². The van der Waals surface area contributed by atoms with Crippen LogP contribution in [0.5, 0.6) is 11.5 Å². The molecule has 1 saturated heterocycles. The summed E-state index contributed by atoms with van der Waals surface area (Å²) < 4.78 is 13.4. The molecule has 0 radical (unpaired) electrons. The van der Waals surface area contributed by atoms with Gasteiger partial charge >= 0.3 is 11.8 Å². The Labute approximate surface area is 262 Å². The molecule has 1 saturated carbocycles. The first-order chi connectivity index (χ1) is 21.6. The van der Waals surface area contributed by atoms with Crippen LogP contribution in [0.4, 0.5) is 10.5 Å². The van der Waals surface area contributed by atoms with Crippen molar-refractivity contribution in [3.05, 3.63) is 70.7 Å². The predicted molar refractivity (Wildman–Crippen MR) is 169 cm³/mol. The van der Waals surface area contributed by atoms with Gasteiger partial charge in [0, 0.05) is 43.9 Å². The number of aryl methyl sites for hydroxylation is 1. The quantitative estimate of drug-likeness (QED) is 0.176. The van der Waals surface area contributed by atoms with E-state index in [1.165, 1.54) is 6.07 Å². The molecular weight excluding hydrogens is 574 g/mol. The Hall–Kier alpha value is -4.58. The number of hydrogen-bond donors (Lipinski definition) is 0. The molecule has 2 aliphatic rings. The Balaban J connectivity index is 1.19. The maximum absolute atomic E-state index is 12.5. The van der Waals surface area contributed by atoms with Crippen LogP contribution in [0.1, 0.15) is 58.2 Å². The highest BCUT2D eigenvalue weighted by Crippen LogP contribution is 2.39. The van der Waals surface area contributed by atoms with Crippen LogP contribution in [0.25, 0.3) is 22.3 Å². The minimum Gasteiger partial charge on any atom is -0.450 e. The molecule has 1 amide bonds. The maximum atomic E-state index is 12.5. The van der Waals surface area contributed by atoms with Gasteiger partial charge in [-0.2, -0.15) is 5.10 Å². The molecule has 0 spiro atoms. The van der Waals surface area contributed by atoms with Gasteiger partial charge in [0.05, 0.1) is 22.0 Å². The molecule has 12 heteroatoms. The maximum Gasteiger partial charge on any atom is 0.410 e. The number of nitro groups is 1. The monoisotopic (exact) mass is 613 g/mol. The highest BCUT2D eigenvalue weighted by atomic mass is 16.6. The fourth-order valence-electron chi connectivity index (χ4n) is 6.35. The van der Waals surface area contributed by atoms with Crippen LogP contribution in [0.15, 0.2) is 54.9 Å². The molecule has 2 aromatic heterocycles. The molecule has 12 nitrogen and oxygen atoms in total. The number of ether oxygens (including phenoxy) is 2. The smallest absolute Gasteiger partial charge is 0.410 e. The van der Waals surface area contributed by atoms with Crippen LogP contribution in [-0.2, 0) is 4.74 Å². The van der Waals surface area contributed by atoms with Gasteiger partial charge < -0.3 is 14.4 Å². The van der Waals surface area contributed by atoms with Gasteiger partial charge in [-0.15, -0.1) is 0 Å². The Kier molecular flexibility index (Phi) is 8.41. The van der Waals surface area contributed by atoms with Crippen LogP contribution in [0, 0.1) is 17.0 Å². The Morgan fingerprint density at radius 1 is 0.956 bits per heavy atom. The molecule has 2 aromatic carbocycles. The van der Waals surface area contributed by atoms with Gasteiger partial charge in [0.1, 0.15) is 23.4 Å². The van der Waals surface area contributed by atoms with Gasteiger partial charge in [-0.3, -0.25) is 15.0 Å². The van der Waals surface area contributed by atoms with Crippen molar-refractivity contribution in [3.8, 4) is 22.8 Å². The van der Waals surface area contributed by atoms with E-state index < -0.39 is 10.5 Å². The van der Waals surface area contributed by atoms with Crippen molar-refractivity contribution in [1.29, 1.82) is 0 Å². The lowest BCUT2D eigenvalue weighted by molar-refractivity contribution is -0.385. The van der Waals surface area contributed by atoms with E-state index in [2.05, 4.69) is 14.9 Å². The number of carbonyl (C=O) groups excluding carboxylic acids is 1. The van der Waals surface area contributed by atoms with E-state index in [9.17, 15) is 14.9 Å². The van der Waals surface area contributed by atoms with Crippen LogP contribution in [0.3, 0.4) is 0 Å². The summed E-state index contributed by atoms with van der Waals surface area (Å²) in [6.07, 6.45) is 5.19. The Morgan fingerprint density at radius 3 is 2.31 bits per heavy atom. The summed E-state index contributed by atoms with van der Waals surface area (Å²) in [4.78, 5) is 37.5. The molecule has 0 bridgehead atoms. The lowest BCUT2D eigenvalue weighted by Gasteiger charge is -2.42. The largest absolute Gasteiger partial charge is 0.450 e. The van der Waals surface area contributed by atoms with Crippen molar-refractivity contribution in [1.82, 2.24) is 29.5 Å². The average Bonchev–Trinajstić information content (AvgIpc) is 3.42. The number of hydrogen-bond acceptors (Lipinski definition) is 9. The number of fused-ring (bicyclic) bond motifs is 1.